The van der Waals surface area contributed by atoms with Crippen molar-refractivity contribution < 1.29 is 4.79 Å². The van der Waals surface area contributed by atoms with Gasteiger partial charge in [0, 0.05) is 17.6 Å². The van der Waals surface area contributed by atoms with Crippen LogP contribution in [-0.2, 0) is 4.79 Å². The molecule has 2 atom stereocenters. The summed E-state index contributed by atoms with van der Waals surface area (Å²) >= 11 is 1.83. The van der Waals surface area contributed by atoms with Crippen LogP contribution >= 0.6 is 11.8 Å². The smallest absolute Gasteiger partial charge is 0.140 e. The molecular weight excluding hydrogens is 180 g/mol. The van der Waals surface area contributed by atoms with Crippen LogP contribution in [0, 0.1) is 16.7 Å². The van der Waals surface area contributed by atoms with E-state index in [1.54, 1.807) is 0 Å². The number of rotatable bonds is 2. The molecule has 0 aliphatic heterocycles. The molecule has 74 valence electrons. The van der Waals surface area contributed by atoms with Crippen LogP contribution in [0.25, 0.3) is 0 Å². The fourth-order valence-electron chi connectivity index (χ4n) is 3.35. The van der Waals surface area contributed by atoms with E-state index < -0.39 is 0 Å². The second kappa shape index (κ2) is 2.75. The number of fused-ring (bicyclic) bond motifs is 2. The molecule has 13 heavy (non-hydrogen) atoms. The maximum atomic E-state index is 11.9. The van der Waals surface area contributed by atoms with E-state index in [-0.39, 0.29) is 10.8 Å². The van der Waals surface area contributed by atoms with Gasteiger partial charge in [0.2, 0.25) is 0 Å². The Hall–Kier alpha value is 0.0200. The van der Waals surface area contributed by atoms with Gasteiger partial charge in [-0.25, -0.2) is 0 Å². The predicted octanol–water partition coefficient (Wildman–Crippen LogP) is 2.74. The van der Waals surface area contributed by atoms with E-state index in [4.69, 9.17) is 0 Å². The highest BCUT2D eigenvalue weighted by atomic mass is 32.2. The monoisotopic (exact) mass is 198 g/mol. The van der Waals surface area contributed by atoms with Crippen molar-refractivity contribution in [1.82, 2.24) is 0 Å². The molecule has 2 fully saturated rings. The average molecular weight is 198 g/mol. The number of hydrogen-bond donors (Lipinski definition) is 0. The molecule has 2 rings (SSSR count). The van der Waals surface area contributed by atoms with Gasteiger partial charge in [-0.1, -0.05) is 13.8 Å². The SMILES string of the molecule is CSCC12CCC(CC1=O)C2(C)C. The number of ketones is 1. The zero-order chi connectivity index (χ0) is 9.69. The highest BCUT2D eigenvalue weighted by Gasteiger charge is 2.63. The third kappa shape index (κ3) is 0.984. The van der Waals surface area contributed by atoms with E-state index in [2.05, 4.69) is 20.1 Å². The van der Waals surface area contributed by atoms with Gasteiger partial charge in [-0.3, -0.25) is 4.79 Å². The normalized spacial score (nSPS) is 41.5. The van der Waals surface area contributed by atoms with Crippen molar-refractivity contribution in [2.24, 2.45) is 16.7 Å². The zero-order valence-corrected chi connectivity index (χ0v) is 9.54. The Morgan fingerprint density at radius 1 is 1.54 bits per heavy atom. The molecule has 0 saturated heterocycles. The first kappa shape index (κ1) is 9.57. The summed E-state index contributed by atoms with van der Waals surface area (Å²) < 4.78 is 0. The van der Waals surface area contributed by atoms with Gasteiger partial charge >= 0.3 is 0 Å². The van der Waals surface area contributed by atoms with Crippen molar-refractivity contribution >= 4 is 17.5 Å². The minimum Gasteiger partial charge on any atom is -0.299 e. The van der Waals surface area contributed by atoms with E-state index in [1.807, 2.05) is 11.8 Å². The summed E-state index contributed by atoms with van der Waals surface area (Å²) in [6, 6.07) is 0. The highest BCUT2D eigenvalue weighted by Crippen LogP contribution is 2.64. The third-order valence-electron chi connectivity index (χ3n) is 4.53. The maximum Gasteiger partial charge on any atom is 0.140 e. The Morgan fingerprint density at radius 3 is 2.62 bits per heavy atom. The molecule has 2 heteroatoms. The first-order valence-corrected chi connectivity index (χ1v) is 6.46. The van der Waals surface area contributed by atoms with Crippen LogP contribution in [0.1, 0.15) is 33.1 Å². The second-order valence-electron chi connectivity index (χ2n) is 5.10. The van der Waals surface area contributed by atoms with Gasteiger partial charge in [0.05, 0.1) is 0 Å². The molecule has 0 spiro atoms. The molecule has 0 radical (unpaired) electrons. The lowest BCUT2D eigenvalue weighted by Crippen LogP contribution is -2.38. The minimum atomic E-state index is 0.0388. The topological polar surface area (TPSA) is 17.1 Å². The molecule has 0 amide bonds. The molecule has 0 aromatic carbocycles. The van der Waals surface area contributed by atoms with Crippen LogP contribution in [0.2, 0.25) is 0 Å². The third-order valence-corrected chi connectivity index (χ3v) is 5.31. The number of hydrogen-bond acceptors (Lipinski definition) is 2. The van der Waals surface area contributed by atoms with Crippen LogP contribution in [-0.4, -0.2) is 17.8 Å². The van der Waals surface area contributed by atoms with E-state index in [0.29, 0.717) is 11.7 Å². The summed E-state index contributed by atoms with van der Waals surface area (Å²) in [5.74, 6) is 2.25. The molecule has 2 aliphatic carbocycles. The first-order valence-electron chi connectivity index (χ1n) is 5.07. The molecule has 0 heterocycles. The largest absolute Gasteiger partial charge is 0.299 e. The summed E-state index contributed by atoms with van der Waals surface area (Å²) in [5.41, 5.74) is 0.310. The van der Waals surface area contributed by atoms with Crippen LogP contribution in [0.4, 0.5) is 0 Å². The van der Waals surface area contributed by atoms with Crippen molar-refractivity contribution in [2.45, 2.75) is 33.1 Å². The summed E-state index contributed by atoms with van der Waals surface area (Å²) in [4.78, 5) is 11.9. The quantitative estimate of drug-likeness (QED) is 0.678. The van der Waals surface area contributed by atoms with Crippen molar-refractivity contribution in [3.63, 3.8) is 0 Å². The zero-order valence-electron chi connectivity index (χ0n) is 8.72. The summed E-state index contributed by atoms with van der Waals surface area (Å²) in [5, 5.41) is 0. The second-order valence-corrected chi connectivity index (χ2v) is 5.97. The van der Waals surface area contributed by atoms with Gasteiger partial charge in [0.1, 0.15) is 5.78 Å². The lowest BCUT2D eigenvalue weighted by Gasteiger charge is -2.35. The molecule has 0 aromatic heterocycles. The van der Waals surface area contributed by atoms with Gasteiger partial charge in [-0.2, -0.15) is 11.8 Å². The highest BCUT2D eigenvalue weighted by molar-refractivity contribution is 7.98. The van der Waals surface area contributed by atoms with Crippen LogP contribution in [0.15, 0.2) is 0 Å². The molecule has 2 aliphatic rings. The van der Waals surface area contributed by atoms with E-state index in [1.165, 1.54) is 6.42 Å². The van der Waals surface area contributed by atoms with Crippen LogP contribution < -0.4 is 0 Å². The number of carbonyl (C=O) groups excluding carboxylic acids is 1. The van der Waals surface area contributed by atoms with E-state index in [9.17, 15) is 4.79 Å². The molecule has 0 aromatic rings. The standard InChI is InChI=1S/C11H18OS/c1-10(2)8-4-5-11(10,7-13-3)9(12)6-8/h8H,4-7H2,1-3H3. The summed E-state index contributed by atoms with van der Waals surface area (Å²) in [6.45, 7) is 4.59. The maximum absolute atomic E-state index is 11.9. The Balaban J connectivity index is 2.37. The van der Waals surface area contributed by atoms with E-state index in [0.717, 1.165) is 18.6 Å². The number of Topliss-reactive ketones (excluding diaryl/α,β-unsaturated/α-hetero) is 1. The Bertz CT molecular complexity index is 246. The van der Waals surface area contributed by atoms with Crippen molar-refractivity contribution in [2.75, 3.05) is 12.0 Å². The molecule has 0 N–H and O–H groups in total. The van der Waals surface area contributed by atoms with Gasteiger partial charge in [0.25, 0.3) is 0 Å². The summed E-state index contributed by atoms with van der Waals surface area (Å²) in [7, 11) is 0. The lowest BCUT2D eigenvalue weighted by molar-refractivity contribution is -0.127. The Morgan fingerprint density at radius 2 is 2.23 bits per heavy atom. The van der Waals surface area contributed by atoms with Gasteiger partial charge < -0.3 is 0 Å². The predicted molar refractivity (Wildman–Crippen MR) is 56.9 cm³/mol. The Kier molecular flexibility index (Phi) is 2.03. The van der Waals surface area contributed by atoms with Gasteiger partial charge in [-0.05, 0) is 30.4 Å². The van der Waals surface area contributed by atoms with Crippen molar-refractivity contribution in [1.29, 1.82) is 0 Å². The fourth-order valence-corrected chi connectivity index (χ4v) is 4.52. The first-order chi connectivity index (χ1) is 6.04. The van der Waals surface area contributed by atoms with Crippen LogP contribution in [0.3, 0.4) is 0 Å². The minimum absolute atomic E-state index is 0.0388. The van der Waals surface area contributed by atoms with E-state index >= 15 is 0 Å². The lowest BCUT2D eigenvalue weighted by atomic mass is 9.70. The molecule has 2 unspecified atom stereocenters. The fraction of sp³-hybridized carbons (Fsp3) is 0.909. The van der Waals surface area contributed by atoms with Crippen molar-refractivity contribution in [3.8, 4) is 0 Å². The van der Waals surface area contributed by atoms with Crippen molar-refractivity contribution in [3.05, 3.63) is 0 Å². The average Bonchev–Trinajstić information content (AvgIpc) is 2.38. The summed E-state index contributed by atoms with van der Waals surface area (Å²) in [6.07, 6.45) is 5.39. The van der Waals surface area contributed by atoms with Crippen LogP contribution in [0.5, 0.6) is 0 Å². The molecule has 2 bridgehead atoms. The number of carbonyl (C=O) groups is 1. The molecular formula is C11H18OS. The van der Waals surface area contributed by atoms with Gasteiger partial charge in [0.15, 0.2) is 0 Å². The molecule has 1 nitrogen and oxygen atoms in total. The van der Waals surface area contributed by atoms with Gasteiger partial charge in [-0.15, -0.1) is 0 Å². The Labute approximate surface area is 84.7 Å². The number of thioether (sulfide) groups is 1. The molecule has 2 saturated carbocycles.